The lowest BCUT2D eigenvalue weighted by atomic mass is 10.2. The van der Waals surface area contributed by atoms with E-state index in [9.17, 15) is 0 Å². The molecule has 0 saturated heterocycles. The molecule has 0 aliphatic rings. The van der Waals surface area contributed by atoms with Crippen molar-refractivity contribution in [2.24, 2.45) is 0 Å². The van der Waals surface area contributed by atoms with E-state index in [1.165, 1.54) is 11.8 Å². The van der Waals surface area contributed by atoms with Gasteiger partial charge < -0.3 is 8.94 Å². The van der Waals surface area contributed by atoms with Gasteiger partial charge in [-0.1, -0.05) is 53.3 Å². The summed E-state index contributed by atoms with van der Waals surface area (Å²) in [5, 5.41) is 14.5. The standard InChI is InChI=1S/C16H12N4O2S2/c1-10(14-17-13(20-22-14)11-6-3-2-4-7-11)24-16-19-18-15(21-16)12-8-5-9-23-12/h2-10H,1H3. The van der Waals surface area contributed by atoms with Crippen LogP contribution in [0.25, 0.3) is 22.2 Å². The van der Waals surface area contributed by atoms with Crippen LogP contribution in [-0.2, 0) is 0 Å². The largest absolute Gasteiger partial charge is 0.410 e. The van der Waals surface area contributed by atoms with Crippen LogP contribution in [0.3, 0.4) is 0 Å². The summed E-state index contributed by atoms with van der Waals surface area (Å²) in [5.41, 5.74) is 0.919. The molecular weight excluding hydrogens is 344 g/mol. The number of aromatic nitrogens is 4. The van der Waals surface area contributed by atoms with Crippen LogP contribution < -0.4 is 0 Å². The molecule has 1 aromatic carbocycles. The van der Waals surface area contributed by atoms with Crippen LogP contribution in [-0.4, -0.2) is 20.3 Å². The number of nitrogens with zero attached hydrogens (tertiary/aromatic N) is 4. The first-order valence-corrected chi connectivity index (χ1v) is 8.98. The highest BCUT2D eigenvalue weighted by Gasteiger charge is 2.20. The van der Waals surface area contributed by atoms with E-state index in [2.05, 4.69) is 20.3 Å². The maximum Gasteiger partial charge on any atom is 0.277 e. The molecule has 0 fully saturated rings. The molecule has 4 aromatic rings. The highest BCUT2D eigenvalue weighted by atomic mass is 32.2. The van der Waals surface area contributed by atoms with Crippen molar-refractivity contribution in [1.29, 1.82) is 0 Å². The Bertz CT molecular complexity index is 919. The van der Waals surface area contributed by atoms with Gasteiger partial charge in [0.25, 0.3) is 11.1 Å². The molecule has 1 unspecified atom stereocenters. The number of benzene rings is 1. The first-order valence-electron chi connectivity index (χ1n) is 7.22. The van der Waals surface area contributed by atoms with Gasteiger partial charge in [-0.2, -0.15) is 4.98 Å². The average molecular weight is 356 g/mol. The first-order chi connectivity index (χ1) is 11.8. The van der Waals surface area contributed by atoms with Gasteiger partial charge in [-0.15, -0.1) is 21.5 Å². The van der Waals surface area contributed by atoms with Gasteiger partial charge >= 0.3 is 0 Å². The van der Waals surface area contributed by atoms with E-state index in [4.69, 9.17) is 8.94 Å². The Morgan fingerprint density at radius 2 is 1.96 bits per heavy atom. The summed E-state index contributed by atoms with van der Waals surface area (Å²) in [6, 6.07) is 13.6. The Balaban J connectivity index is 1.49. The topological polar surface area (TPSA) is 77.8 Å². The molecule has 4 rings (SSSR count). The predicted octanol–water partition coefficient (Wildman–Crippen LogP) is 4.70. The molecule has 3 aromatic heterocycles. The highest BCUT2D eigenvalue weighted by Crippen LogP contribution is 2.35. The van der Waals surface area contributed by atoms with Gasteiger partial charge in [-0.25, -0.2) is 0 Å². The smallest absolute Gasteiger partial charge is 0.277 e. The van der Waals surface area contributed by atoms with E-state index >= 15 is 0 Å². The van der Waals surface area contributed by atoms with Crippen molar-refractivity contribution in [3.8, 4) is 22.2 Å². The van der Waals surface area contributed by atoms with Crippen LogP contribution in [0.1, 0.15) is 18.1 Å². The SMILES string of the molecule is CC(Sc1nnc(-c2cccs2)o1)c1nc(-c2ccccc2)no1. The van der Waals surface area contributed by atoms with Crippen molar-refractivity contribution in [3.05, 3.63) is 53.7 Å². The van der Waals surface area contributed by atoms with E-state index in [1.807, 2.05) is 54.8 Å². The summed E-state index contributed by atoms with van der Waals surface area (Å²) in [5.74, 6) is 1.62. The minimum absolute atomic E-state index is 0.0911. The molecule has 0 radical (unpaired) electrons. The normalized spacial score (nSPS) is 12.4. The summed E-state index contributed by atoms with van der Waals surface area (Å²) in [7, 11) is 0. The molecule has 120 valence electrons. The second kappa shape index (κ2) is 6.58. The third-order valence-corrected chi connectivity index (χ3v) is 5.02. The van der Waals surface area contributed by atoms with E-state index < -0.39 is 0 Å². The Labute approximate surface area is 145 Å². The fourth-order valence-corrected chi connectivity index (χ4v) is 3.42. The Morgan fingerprint density at radius 1 is 1.08 bits per heavy atom. The van der Waals surface area contributed by atoms with Gasteiger partial charge in [0.15, 0.2) is 0 Å². The molecule has 0 spiro atoms. The zero-order valence-electron chi connectivity index (χ0n) is 12.6. The molecule has 8 heteroatoms. The molecule has 0 aliphatic carbocycles. The van der Waals surface area contributed by atoms with Crippen molar-refractivity contribution in [2.45, 2.75) is 17.4 Å². The fraction of sp³-hybridized carbons (Fsp3) is 0.125. The molecule has 1 atom stereocenters. The quantitative estimate of drug-likeness (QED) is 0.479. The summed E-state index contributed by atoms with van der Waals surface area (Å²) in [6.45, 7) is 1.96. The summed E-state index contributed by atoms with van der Waals surface area (Å²) in [4.78, 5) is 5.40. The first kappa shape index (κ1) is 15.1. The zero-order chi connectivity index (χ0) is 16.4. The van der Waals surface area contributed by atoms with Crippen molar-refractivity contribution in [1.82, 2.24) is 20.3 Å². The summed E-state index contributed by atoms with van der Waals surface area (Å²) < 4.78 is 11.0. The maximum absolute atomic E-state index is 5.67. The molecule has 24 heavy (non-hydrogen) atoms. The van der Waals surface area contributed by atoms with Crippen LogP contribution in [0.15, 0.2) is 62.0 Å². The van der Waals surface area contributed by atoms with E-state index in [0.717, 1.165) is 10.4 Å². The number of rotatable bonds is 5. The maximum atomic E-state index is 5.67. The third kappa shape index (κ3) is 3.10. The molecule has 0 bridgehead atoms. The lowest BCUT2D eigenvalue weighted by Crippen LogP contribution is -1.89. The van der Waals surface area contributed by atoms with Gasteiger partial charge in [-0.3, -0.25) is 0 Å². The van der Waals surface area contributed by atoms with Gasteiger partial charge in [0, 0.05) is 5.56 Å². The molecular formula is C16H12N4O2S2. The van der Waals surface area contributed by atoms with Crippen LogP contribution in [0.5, 0.6) is 0 Å². The number of thioether (sulfide) groups is 1. The monoisotopic (exact) mass is 356 g/mol. The van der Waals surface area contributed by atoms with Gasteiger partial charge in [0.2, 0.25) is 11.7 Å². The minimum Gasteiger partial charge on any atom is -0.410 e. The summed E-state index contributed by atoms with van der Waals surface area (Å²) >= 11 is 2.95. The lowest BCUT2D eigenvalue weighted by molar-refractivity contribution is 0.379. The van der Waals surface area contributed by atoms with Gasteiger partial charge in [0.05, 0.1) is 10.1 Å². The third-order valence-electron chi connectivity index (χ3n) is 3.24. The van der Waals surface area contributed by atoms with Crippen LogP contribution in [0.4, 0.5) is 0 Å². The van der Waals surface area contributed by atoms with Crippen LogP contribution in [0, 0.1) is 0 Å². The van der Waals surface area contributed by atoms with Crippen molar-refractivity contribution < 1.29 is 8.94 Å². The van der Waals surface area contributed by atoms with Gasteiger partial charge in [0.1, 0.15) is 0 Å². The van der Waals surface area contributed by atoms with E-state index in [-0.39, 0.29) is 5.25 Å². The number of hydrogen-bond acceptors (Lipinski definition) is 8. The van der Waals surface area contributed by atoms with Gasteiger partial charge in [-0.05, 0) is 18.4 Å². The van der Waals surface area contributed by atoms with Crippen LogP contribution in [0.2, 0.25) is 0 Å². The molecule has 0 saturated carbocycles. The number of hydrogen-bond donors (Lipinski definition) is 0. The van der Waals surface area contributed by atoms with Crippen LogP contribution >= 0.6 is 23.1 Å². The van der Waals surface area contributed by atoms with Crippen molar-refractivity contribution in [3.63, 3.8) is 0 Å². The van der Waals surface area contributed by atoms with Crippen molar-refractivity contribution >= 4 is 23.1 Å². The second-order valence-corrected chi connectivity index (χ2v) is 7.17. The summed E-state index contributed by atoms with van der Waals surface area (Å²) in [6.07, 6.45) is 0. The molecule has 0 amide bonds. The predicted molar refractivity (Wildman–Crippen MR) is 91.6 cm³/mol. The Hall–Kier alpha value is -2.45. The average Bonchev–Trinajstić information content (AvgIpc) is 3.36. The number of thiophene rings is 1. The minimum atomic E-state index is -0.0911. The lowest BCUT2D eigenvalue weighted by Gasteiger charge is -2.00. The molecule has 6 nitrogen and oxygen atoms in total. The van der Waals surface area contributed by atoms with Crippen molar-refractivity contribution in [2.75, 3.05) is 0 Å². The molecule has 3 heterocycles. The zero-order valence-corrected chi connectivity index (χ0v) is 14.3. The Kier molecular flexibility index (Phi) is 4.14. The second-order valence-electron chi connectivity index (χ2n) is 4.93. The van der Waals surface area contributed by atoms with E-state index in [0.29, 0.717) is 22.8 Å². The highest BCUT2D eigenvalue weighted by molar-refractivity contribution is 7.99. The molecule has 0 aliphatic heterocycles. The molecule has 0 N–H and O–H groups in total. The fourth-order valence-electron chi connectivity index (χ4n) is 2.06. The van der Waals surface area contributed by atoms with E-state index in [1.54, 1.807) is 11.3 Å². The Morgan fingerprint density at radius 3 is 2.75 bits per heavy atom.